The standard InChI is InChI=1S/C10H7NO3/c11-7-6-9(12)14-10(13)8-4-2-1-3-5-8/h1-5H,6H2. The molecule has 0 heterocycles. The van der Waals surface area contributed by atoms with Crippen LogP contribution >= 0.6 is 0 Å². The van der Waals surface area contributed by atoms with Crippen LogP contribution < -0.4 is 0 Å². The lowest BCUT2D eigenvalue weighted by Crippen LogP contribution is -2.11. The molecule has 14 heavy (non-hydrogen) atoms. The van der Waals surface area contributed by atoms with Crippen molar-refractivity contribution in [3.8, 4) is 6.07 Å². The summed E-state index contributed by atoms with van der Waals surface area (Å²) in [6.45, 7) is 0. The molecule has 0 saturated carbocycles. The van der Waals surface area contributed by atoms with Crippen molar-refractivity contribution in [3.63, 3.8) is 0 Å². The highest BCUT2D eigenvalue weighted by Gasteiger charge is 2.11. The van der Waals surface area contributed by atoms with Crippen LogP contribution in [0.15, 0.2) is 30.3 Å². The summed E-state index contributed by atoms with van der Waals surface area (Å²) in [6, 6.07) is 9.72. The highest BCUT2D eigenvalue weighted by atomic mass is 16.6. The lowest BCUT2D eigenvalue weighted by atomic mass is 10.2. The summed E-state index contributed by atoms with van der Waals surface area (Å²) >= 11 is 0. The van der Waals surface area contributed by atoms with Gasteiger partial charge < -0.3 is 4.74 Å². The predicted molar refractivity (Wildman–Crippen MR) is 47.1 cm³/mol. The van der Waals surface area contributed by atoms with Crippen LogP contribution in [0.3, 0.4) is 0 Å². The van der Waals surface area contributed by atoms with Gasteiger partial charge in [-0.3, -0.25) is 4.79 Å². The Hall–Kier alpha value is -2.15. The molecule has 0 amide bonds. The topological polar surface area (TPSA) is 67.2 Å². The number of rotatable bonds is 2. The Bertz CT molecular complexity index is 378. The number of nitrogens with zero attached hydrogens (tertiary/aromatic N) is 1. The molecule has 0 aliphatic carbocycles. The lowest BCUT2D eigenvalue weighted by molar-refractivity contribution is -0.136. The molecule has 0 spiro atoms. The zero-order valence-electron chi connectivity index (χ0n) is 7.27. The number of carbonyl (C=O) groups excluding carboxylic acids is 2. The number of esters is 2. The minimum Gasteiger partial charge on any atom is -0.389 e. The van der Waals surface area contributed by atoms with E-state index in [-0.39, 0.29) is 0 Å². The van der Waals surface area contributed by atoms with Crippen molar-refractivity contribution in [1.29, 1.82) is 5.26 Å². The molecule has 0 aliphatic rings. The van der Waals surface area contributed by atoms with Crippen molar-refractivity contribution in [2.45, 2.75) is 6.42 Å². The van der Waals surface area contributed by atoms with Crippen molar-refractivity contribution in [1.82, 2.24) is 0 Å². The Labute approximate surface area is 80.7 Å². The first-order valence-electron chi connectivity index (χ1n) is 3.91. The third-order valence-electron chi connectivity index (χ3n) is 1.44. The monoisotopic (exact) mass is 189 g/mol. The molecule has 1 aromatic rings. The van der Waals surface area contributed by atoms with E-state index in [9.17, 15) is 9.59 Å². The zero-order valence-corrected chi connectivity index (χ0v) is 7.27. The maximum absolute atomic E-state index is 11.2. The van der Waals surface area contributed by atoms with Crippen molar-refractivity contribution in [2.24, 2.45) is 0 Å². The normalized spacial score (nSPS) is 8.79. The van der Waals surface area contributed by atoms with Crippen LogP contribution in [0, 0.1) is 11.3 Å². The van der Waals surface area contributed by atoms with Gasteiger partial charge in [-0.15, -0.1) is 0 Å². The first-order chi connectivity index (χ1) is 6.74. The van der Waals surface area contributed by atoms with Gasteiger partial charge in [-0.1, -0.05) is 18.2 Å². The minimum absolute atomic E-state index is 0.291. The van der Waals surface area contributed by atoms with Gasteiger partial charge in [-0.05, 0) is 12.1 Å². The smallest absolute Gasteiger partial charge is 0.345 e. The van der Waals surface area contributed by atoms with E-state index >= 15 is 0 Å². The summed E-state index contributed by atoms with van der Waals surface area (Å²) in [5.74, 6) is -1.56. The summed E-state index contributed by atoms with van der Waals surface area (Å²) in [5, 5.41) is 8.16. The van der Waals surface area contributed by atoms with E-state index in [4.69, 9.17) is 5.26 Å². The molecule has 4 nitrogen and oxygen atoms in total. The van der Waals surface area contributed by atoms with Gasteiger partial charge in [0.1, 0.15) is 6.42 Å². The van der Waals surface area contributed by atoms with Gasteiger partial charge in [0.2, 0.25) is 0 Å². The number of hydrogen-bond donors (Lipinski definition) is 0. The second kappa shape index (κ2) is 4.77. The van der Waals surface area contributed by atoms with Crippen LogP contribution in [-0.4, -0.2) is 11.9 Å². The van der Waals surface area contributed by atoms with E-state index < -0.39 is 18.4 Å². The Kier molecular flexibility index (Phi) is 3.39. The molecule has 0 bridgehead atoms. The SMILES string of the molecule is N#CCC(=O)OC(=O)c1ccccc1. The molecule has 70 valence electrons. The quantitative estimate of drug-likeness (QED) is 0.519. The second-order valence-corrected chi connectivity index (χ2v) is 2.46. The third kappa shape index (κ3) is 2.72. The predicted octanol–water partition coefficient (Wildman–Crippen LogP) is 1.28. The van der Waals surface area contributed by atoms with Gasteiger partial charge in [0.25, 0.3) is 0 Å². The van der Waals surface area contributed by atoms with Gasteiger partial charge in [-0.25, -0.2) is 4.79 Å². The molecule has 4 heteroatoms. The van der Waals surface area contributed by atoms with E-state index in [0.717, 1.165) is 0 Å². The summed E-state index contributed by atoms with van der Waals surface area (Å²) < 4.78 is 4.38. The molecule has 0 saturated heterocycles. The molecule has 0 atom stereocenters. The number of nitriles is 1. The molecule has 0 unspecified atom stereocenters. The minimum atomic E-state index is -0.832. The largest absolute Gasteiger partial charge is 0.389 e. The van der Waals surface area contributed by atoms with Crippen LogP contribution in [0.1, 0.15) is 16.8 Å². The molecule has 1 rings (SSSR count). The van der Waals surface area contributed by atoms with Crippen LogP contribution in [0.5, 0.6) is 0 Å². The van der Waals surface area contributed by atoms with Gasteiger partial charge in [0, 0.05) is 0 Å². The fourth-order valence-electron chi connectivity index (χ4n) is 0.837. The molecular formula is C10H7NO3. The Morgan fingerprint density at radius 3 is 2.50 bits per heavy atom. The second-order valence-electron chi connectivity index (χ2n) is 2.46. The van der Waals surface area contributed by atoms with Crippen molar-refractivity contribution in [2.75, 3.05) is 0 Å². The summed E-state index contributed by atoms with van der Waals surface area (Å²) in [7, 11) is 0. The Morgan fingerprint density at radius 2 is 1.93 bits per heavy atom. The van der Waals surface area contributed by atoms with E-state index in [0.29, 0.717) is 5.56 Å². The summed E-state index contributed by atoms with van der Waals surface area (Å²) in [5.41, 5.74) is 0.291. The molecule has 0 N–H and O–H groups in total. The van der Waals surface area contributed by atoms with Gasteiger partial charge in [-0.2, -0.15) is 5.26 Å². The fourth-order valence-corrected chi connectivity index (χ4v) is 0.837. The van der Waals surface area contributed by atoms with Crippen molar-refractivity contribution in [3.05, 3.63) is 35.9 Å². The van der Waals surface area contributed by atoms with Crippen molar-refractivity contribution < 1.29 is 14.3 Å². The van der Waals surface area contributed by atoms with E-state index in [1.165, 1.54) is 12.1 Å². The third-order valence-corrected chi connectivity index (χ3v) is 1.44. The van der Waals surface area contributed by atoms with Crippen LogP contribution in [0.4, 0.5) is 0 Å². The molecule has 0 fully saturated rings. The summed E-state index contributed by atoms with van der Waals surface area (Å²) in [6.07, 6.45) is -0.418. The molecule has 0 aromatic heterocycles. The van der Waals surface area contributed by atoms with Crippen LogP contribution in [-0.2, 0) is 9.53 Å². The maximum Gasteiger partial charge on any atom is 0.345 e. The molecule has 0 radical (unpaired) electrons. The van der Waals surface area contributed by atoms with Crippen molar-refractivity contribution >= 4 is 11.9 Å². The highest BCUT2D eigenvalue weighted by molar-refractivity contribution is 5.97. The Balaban J connectivity index is 2.61. The summed E-state index contributed by atoms with van der Waals surface area (Å²) in [4.78, 5) is 21.9. The van der Waals surface area contributed by atoms with E-state index in [1.54, 1.807) is 24.3 Å². The number of carbonyl (C=O) groups is 2. The number of hydrogen-bond acceptors (Lipinski definition) is 4. The van der Waals surface area contributed by atoms with E-state index in [2.05, 4.69) is 4.74 Å². The molecular weight excluding hydrogens is 182 g/mol. The number of ether oxygens (including phenoxy) is 1. The lowest BCUT2D eigenvalue weighted by Gasteiger charge is -1.99. The average molecular weight is 189 g/mol. The van der Waals surface area contributed by atoms with Gasteiger partial charge >= 0.3 is 11.9 Å². The zero-order chi connectivity index (χ0) is 10.4. The Morgan fingerprint density at radius 1 is 1.29 bits per heavy atom. The van der Waals surface area contributed by atoms with Crippen LogP contribution in [0.25, 0.3) is 0 Å². The van der Waals surface area contributed by atoms with Gasteiger partial charge in [0.15, 0.2) is 0 Å². The molecule has 1 aromatic carbocycles. The first-order valence-corrected chi connectivity index (χ1v) is 3.91. The fraction of sp³-hybridized carbons (Fsp3) is 0.100. The number of benzene rings is 1. The van der Waals surface area contributed by atoms with E-state index in [1.807, 2.05) is 0 Å². The van der Waals surface area contributed by atoms with Gasteiger partial charge in [0.05, 0.1) is 11.6 Å². The average Bonchev–Trinajstić information content (AvgIpc) is 2.19. The highest BCUT2D eigenvalue weighted by Crippen LogP contribution is 2.01. The molecule has 0 aliphatic heterocycles. The maximum atomic E-state index is 11.2. The van der Waals surface area contributed by atoms with Crippen LogP contribution in [0.2, 0.25) is 0 Å². The first kappa shape index (κ1) is 9.93.